The van der Waals surface area contributed by atoms with Crippen LogP contribution in [0.5, 0.6) is 40.2 Å². The molecule has 2 heterocycles. The van der Waals surface area contributed by atoms with Crippen LogP contribution < -0.4 is 43.0 Å². The fourth-order valence-corrected chi connectivity index (χ4v) is 9.47. The lowest BCUT2D eigenvalue weighted by molar-refractivity contribution is -0.275. The van der Waals surface area contributed by atoms with Crippen LogP contribution in [-0.2, 0) is 0 Å². The van der Waals surface area contributed by atoms with E-state index in [9.17, 15) is 120 Å². The number of rotatable bonds is 21. The molecule has 0 aliphatic carbocycles. The summed E-state index contributed by atoms with van der Waals surface area (Å²) in [4.78, 5) is 13.4. The quantitative estimate of drug-likeness (QED) is 0.0404. The Hall–Kier alpha value is -9.06. The van der Waals surface area contributed by atoms with Crippen LogP contribution in [0.25, 0.3) is 22.3 Å². The van der Waals surface area contributed by atoms with Gasteiger partial charge >= 0.3 is 62.7 Å². The van der Waals surface area contributed by atoms with Crippen LogP contribution in [0.4, 0.5) is 117 Å². The Morgan fingerprint density at radius 2 is 0.747 bits per heavy atom. The second kappa shape index (κ2) is 31.0. The molecule has 538 valence electrons. The van der Waals surface area contributed by atoms with Crippen LogP contribution in [-0.4, -0.2) is 123 Å². The smallest absolute Gasteiger partial charge is 0.488 e. The van der Waals surface area contributed by atoms with Gasteiger partial charge in [-0.3, -0.25) is 4.79 Å². The second-order valence-electron chi connectivity index (χ2n) is 20.6. The highest BCUT2D eigenvalue weighted by atomic mass is 35.5. The van der Waals surface area contributed by atoms with Crippen molar-refractivity contribution in [3.8, 4) is 62.5 Å². The van der Waals surface area contributed by atoms with Crippen LogP contribution >= 0.6 is 11.6 Å². The molecule has 0 fully saturated rings. The summed E-state index contributed by atoms with van der Waals surface area (Å²) in [5.74, 6) is -3.50. The summed E-state index contributed by atoms with van der Waals surface area (Å²) < 4.78 is 339. The van der Waals surface area contributed by atoms with Crippen LogP contribution in [0, 0.1) is 0 Å². The van der Waals surface area contributed by atoms with E-state index in [0.717, 1.165) is 94.7 Å². The molecule has 7 aromatic rings. The molecule has 12 nitrogen and oxygen atoms in total. The van der Waals surface area contributed by atoms with Gasteiger partial charge in [0.25, 0.3) is 0 Å². The molecule has 4 unspecified atom stereocenters. The first kappa shape index (κ1) is 77.3. The van der Waals surface area contributed by atoms with Gasteiger partial charge in [0.15, 0.2) is 29.5 Å². The first-order valence-electron chi connectivity index (χ1n) is 27.7. The number of hydrogen-bond donors (Lipinski definition) is 2. The molecule has 0 aromatic heterocycles. The summed E-state index contributed by atoms with van der Waals surface area (Å²) in [6.45, 7) is -2.71. The maximum absolute atomic E-state index is 13.3. The third kappa shape index (κ3) is 20.8. The molecule has 7 aromatic carbocycles. The van der Waals surface area contributed by atoms with Crippen LogP contribution in [0.1, 0.15) is 33.6 Å². The van der Waals surface area contributed by atoms with Crippen molar-refractivity contribution in [1.82, 2.24) is 0 Å². The molecular formula is C62H45ClF24N2O10. The predicted octanol–water partition coefficient (Wildman–Crippen LogP) is 18.0. The number of ether oxygens (including phenoxy) is 7. The number of benzene rings is 7. The topological polar surface area (TPSA) is 129 Å². The van der Waals surface area contributed by atoms with E-state index in [4.69, 9.17) is 21.1 Å². The summed E-state index contributed by atoms with van der Waals surface area (Å²) >= 11 is 5.27. The summed E-state index contributed by atoms with van der Waals surface area (Å²) in [5.41, 5.74) is 1.43. The standard InChI is InChI=1S/2C26H19F10NO4.C10H7ClF4O2/c2*27-23(28)25(32,33)40-16-9-7-14(8-10-16)20-13-39-22-18(15-3-1-4-17(11-15)41-26(34,35)36)5-2-6-19(22)37(20)12-21(38)24(29,30)31;11-5-8(16)6-1-3-7(4-2-6)17-10(14,15)9(12)13/h2*1-11,20-21,23,38H,12-13H2;1-4,9H,5H2. The average Bonchev–Trinajstić information content (AvgIpc) is 0.768. The van der Waals surface area contributed by atoms with Gasteiger partial charge in [0.2, 0.25) is 0 Å². The fraction of sp³-hybridized carbons (Fsp3) is 0.306. The SMILES string of the molecule is O=C(CCl)c1ccc(OC(F)(F)C(F)F)cc1.OC(CN1c2cccc(-c3cccc(OC(F)(F)F)c3)c2OCC1c1ccc(OC(F)(F)C(F)F)cc1)C(F)(F)F.OC(CN1c2cccc(-c3cccc(OC(F)(F)F)c3)c2OCC1c1ccc(OC(F)(F)C(F)F)cc1)C(F)(F)F. The van der Waals surface area contributed by atoms with E-state index in [0.29, 0.717) is 0 Å². The Morgan fingerprint density at radius 3 is 1.04 bits per heavy atom. The van der Waals surface area contributed by atoms with Gasteiger partial charge in [-0.2, -0.15) is 79.0 Å². The number of hydrogen-bond acceptors (Lipinski definition) is 12. The van der Waals surface area contributed by atoms with Gasteiger partial charge in [-0.1, -0.05) is 72.8 Å². The number of para-hydroxylation sites is 2. The van der Waals surface area contributed by atoms with Crippen molar-refractivity contribution in [2.75, 3.05) is 42.0 Å². The molecular weight excluding hydrogens is 1420 g/mol. The average molecular weight is 1470 g/mol. The first-order valence-corrected chi connectivity index (χ1v) is 28.2. The van der Waals surface area contributed by atoms with E-state index in [1.54, 1.807) is 0 Å². The Bertz CT molecular complexity index is 3600. The molecule has 0 bridgehead atoms. The lowest BCUT2D eigenvalue weighted by atomic mass is 9.98. The minimum Gasteiger partial charge on any atom is -0.488 e. The molecule has 0 amide bonds. The Balaban J connectivity index is 0.000000226. The van der Waals surface area contributed by atoms with Gasteiger partial charge in [-0.25, -0.2) is 0 Å². The number of anilines is 2. The number of ketones is 1. The van der Waals surface area contributed by atoms with E-state index in [1.165, 1.54) is 72.8 Å². The van der Waals surface area contributed by atoms with Crippen molar-refractivity contribution in [1.29, 1.82) is 0 Å². The zero-order valence-corrected chi connectivity index (χ0v) is 49.8. The van der Waals surface area contributed by atoms with Crippen molar-refractivity contribution in [3.05, 3.63) is 174 Å². The maximum Gasteiger partial charge on any atom is 0.573 e. The molecule has 99 heavy (non-hydrogen) atoms. The molecule has 37 heteroatoms. The molecule has 9 rings (SSSR count). The summed E-state index contributed by atoms with van der Waals surface area (Å²) in [5, 5.41) is 19.8. The Kier molecular flexibility index (Phi) is 24.2. The third-order valence-corrected chi connectivity index (χ3v) is 14.0. The molecule has 4 atom stereocenters. The Morgan fingerprint density at radius 1 is 0.434 bits per heavy atom. The van der Waals surface area contributed by atoms with E-state index in [1.807, 2.05) is 0 Å². The Labute approximate surface area is 546 Å². The predicted molar refractivity (Wildman–Crippen MR) is 302 cm³/mol. The van der Waals surface area contributed by atoms with Crippen molar-refractivity contribution < 1.29 is 154 Å². The van der Waals surface area contributed by atoms with Gasteiger partial charge in [-0.05, 0) is 107 Å². The molecule has 2 aliphatic heterocycles. The fourth-order valence-electron chi connectivity index (χ4n) is 9.31. The minimum atomic E-state index is -5.03. The zero-order chi connectivity index (χ0) is 73.4. The largest absolute Gasteiger partial charge is 0.573 e. The summed E-state index contributed by atoms with van der Waals surface area (Å²) in [7, 11) is 0. The van der Waals surface area contributed by atoms with Crippen LogP contribution in [0.3, 0.4) is 0 Å². The van der Waals surface area contributed by atoms with E-state index in [-0.39, 0.29) is 80.9 Å². The highest BCUT2D eigenvalue weighted by Crippen LogP contribution is 2.49. The van der Waals surface area contributed by atoms with Gasteiger partial charge in [0, 0.05) is 16.7 Å². The number of aliphatic hydroxyl groups is 2. The number of halogens is 25. The number of alkyl halides is 25. The van der Waals surface area contributed by atoms with Crippen molar-refractivity contribution in [3.63, 3.8) is 0 Å². The molecule has 0 spiro atoms. The minimum absolute atomic E-state index is 0.00110. The number of carbonyl (C=O) groups is 1. The van der Waals surface area contributed by atoms with Crippen molar-refractivity contribution in [2.45, 2.75) is 87.0 Å². The number of carbonyl (C=O) groups excluding carboxylic acids is 1. The lowest BCUT2D eigenvalue weighted by Gasteiger charge is -2.40. The molecule has 0 radical (unpaired) electrons. The van der Waals surface area contributed by atoms with E-state index >= 15 is 0 Å². The number of nitrogens with zero attached hydrogens (tertiary/aromatic N) is 2. The number of β-amino-alcohol motifs (C(OH)–C–C–N with tert-alkyl or cyclic N) is 2. The van der Waals surface area contributed by atoms with Crippen LogP contribution in [0.2, 0.25) is 0 Å². The summed E-state index contributed by atoms with van der Waals surface area (Å²) in [6, 6.07) is 28.6. The van der Waals surface area contributed by atoms with Crippen LogP contribution in [0.15, 0.2) is 158 Å². The van der Waals surface area contributed by atoms with Crippen molar-refractivity contribution >= 4 is 28.8 Å². The molecule has 0 saturated carbocycles. The van der Waals surface area contributed by atoms with Gasteiger partial charge < -0.3 is 53.2 Å². The van der Waals surface area contributed by atoms with Crippen molar-refractivity contribution in [2.24, 2.45) is 0 Å². The van der Waals surface area contributed by atoms with E-state index in [2.05, 4.69) is 23.7 Å². The van der Waals surface area contributed by atoms with Gasteiger partial charge in [-0.15, -0.1) is 37.9 Å². The normalized spacial score (nSPS) is 15.8. The monoisotopic (exact) mass is 1470 g/mol. The highest BCUT2D eigenvalue weighted by molar-refractivity contribution is 6.30. The second-order valence-corrected chi connectivity index (χ2v) is 20.9. The molecule has 0 saturated heterocycles. The summed E-state index contributed by atoms with van der Waals surface area (Å²) in [6.07, 6.45) is -51.9. The maximum atomic E-state index is 13.3. The van der Waals surface area contributed by atoms with E-state index < -0.39 is 135 Å². The highest BCUT2D eigenvalue weighted by Gasteiger charge is 2.48. The van der Waals surface area contributed by atoms with Gasteiger partial charge in [0.1, 0.15) is 42.0 Å². The number of aliphatic hydroxyl groups excluding tert-OH is 2. The first-order chi connectivity index (χ1) is 46.0. The lowest BCUT2D eigenvalue weighted by Crippen LogP contribution is -2.46. The number of fused-ring (bicyclic) bond motifs is 2. The number of Topliss-reactive ketones (excluding diaryl/α,β-unsaturated/α-hetero) is 1. The molecule has 2 aliphatic rings. The molecule has 2 N–H and O–H groups in total. The zero-order valence-electron chi connectivity index (χ0n) is 49.1. The third-order valence-electron chi connectivity index (χ3n) is 13.7. The van der Waals surface area contributed by atoms with Gasteiger partial charge in [0.05, 0.1) is 42.4 Å².